The number of aromatic nitrogens is 2. The number of nitrogens with zero attached hydrogens (tertiary/aromatic N) is 3. The lowest BCUT2D eigenvalue weighted by molar-refractivity contribution is -0.384. The second-order valence-corrected chi connectivity index (χ2v) is 6.89. The Kier molecular flexibility index (Phi) is 5.40. The van der Waals surface area contributed by atoms with Gasteiger partial charge in [0, 0.05) is 47.9 Å². The summed E-state index contributed by atoms with van der Waals surface area (Å²) in [6.07, 6.45) is 6.83. The number of ketones is 1. The average Bonchev–Trinajstić information content (AvgIpc) is 3.32. The Balaban J connectivity index is 1.72. The van der Waals surface area contributed by atoms with Gasteiger partial charge in [-0.25, -0.2) is 4.98 Å². The number of hydrogen-bond acceptors (Lipinski definition) is 7. The Labute approximate surface area is 178 Å². The number of benzene rings is 2. The summed E-state index contributed by atoms with van der Waals surface area (Å²) in [5.41, 5.74) is 2.88. The fourth-order valence-corrected chi connectivity index (χ4v) is 3.59. The summed E-state index contributed by atoms with van der Waals surface area (Å²) in [5.74, 6) is 0.841. The molecule has 2 heterocycles. The molecule has 1 N–H and O–H groups in total. The molecule has 3 aromatic rings. The molecule has 0 fully saturated rings. The summed E-state index contributed by atoms with van der Waals surface area (Å²) >= 11 is 0. The smallest absolute Gasteiger partial charge is 0.293 e. The van der Waals surface area contributed by atoms with Crippen molar-refractivity contribution in [2.75, 3.05) is 20.8 Å². The third kappa shape index (κ3) is 3.85. The van der Waals surface area contributed by atoms with Crippen molar-refractivity contribution in [3.63, 3.8) is 0 Å². The lowest BCUT2D eigenvalue weighted by Gasteiger charge is -2.23. The standard InChI is InChI=1S/C22H20N4O5/c1-30-21-10-14-5-6-24-17(16(14)11-22(21)31-2)12-20(27)15-3-4-18(19(9-15)26(28)29)25-8-7-23-13-25/h3-4,7-13,24H,5-6H2,1-2H3. The molecule has 9 nitrogen and oxygen atoms in total. The molecule has 4 rings (SSSR count). The minimum Gasteiger partial charge on any atom is -0.493 e. The van der Waals surface area contributed by atoms with Crippen molar-refractivity contribution >= 4 is 17.2 Å². The van der Waals surface area contributed by atoms with E-state index < -0.39 is 4.92 Å². The molecule has 0 bridgehead atoms. The van der Waals surface area contributed by atoms with Gasteiger partial charge in [0.1, 0.15) is 5.69 Å². The van der Waals surface area contributed by atoms with Crippen LogP contribution in [-0.2, 0) is 6.42 Å². The third-order valence-corrected chi connectivity index (χ3v) is 5.12. The predicted octanol–water partition coefficient (Wildman–Crippen LogP) is 3.17. The maximum atomic E-state index is 13.0. The summed E-state index contributed by atoms with van der Waals surface area (Å²) < 4.78 is 12.3. The first kappa shape index (κ1) is 20.1. The molecule has 0 saturated heterocycles. The van der Waals surface area contributed by atoms with E-state index in [0.717, 1.165) is 17.5 Å². The maximum absolute atomic E-state index is 13.0. The highest BCUT2D eigenvalue weighted by Gasteiger charge is 2.21. The van der Waals surface area contributed by atoms with Crippen LogP contribution in [0.5, 0.6) is 11.5 Å². The number of carbonyl (C=O) groups excluding carboxylic acids is 1. The Hall–Kier alpha value is -4.14. The molecule has 1 aromatic heterocycles. The van der Waals surface area contributed by atoms with Gasteiger partial charge in [-0.15, -0.1) is 0 Å². The van der Waals surface area contributed by atoms with Gasteiger partial charge in [0.2, 0.25) is 0 Å². The fourth-order valence-electron chi connectivity index (χ4n) is 3.59. The number of ether oxygens (including phenoxy) is 2. The van der Waals surface area contributed by atoms with Gasteiger partial charge in [-0.2, -0.15) is 0 Å². The van der Waals surface area contributed by atoms with E-state index in [1.54, 1.807) is 32.5 Å². The topological polar surface area (TPSA) is 109 Å². The van der Waals surface area contributed by atoms with E-state index >= 15 is 0 Å². The van der Waals surface area contributed by atoms with Crippen LogP contribution in [0.25, 0.3) is 11.4 Å². The fraction of sp³-hybridized carbons (Fsp3) is 0.182. The molecule has 0 radical (unpaired) electrons. The number of methoxy groups -OCH3 is 2. The molecule has 0 amide bonds. The lowest BCUT2D eigenvalue weighted by atomic mass is 9.95. The molecule has 0 saturated carbocycles. The van der Waals surface area contributed by atoms with Gasteiger partial charge in [0.15, 0.2) is 17.3 Å². The Bertz CT molecular complexity index is 1180. The van der Waals surface area contributed by atoms with Crippen LogP contribution in [0.3, 0.4) is 0 Å². The van der Waals surface area contributed by atoms with Crippen LogP contribution >= 0.6 is 0 Å². The van der Waals surface area contributed by atoms with Gasteiger partial charge >= 0.3 is 0 Å². The van der Waals surface area contributed by atoms with Gasteiger partial charge in [-0.3, -0.25) is 14.9 Å². The summed E-state index contributed by atoms with van der Waals surface area (Å²) in [7, 11) is 3.13. The third-order valence-electron chi connectivity index (χ3n) is 5.12. The van der Waals surface area contributed by atoms with E-state index in [4.69, 9.17) is 9.47 Å². The zero-order valence-electron chi connectivity index (χ0n) is 17.0. The molecule has 31 heavy (non-hydrogen) atoms. The zero-order valence-corrected chi connectivity index (χ0v) is 17.0. The summed E-state index contributed by atoms with van der Waals surface area (Å²) in [6.45, 7) is 0.654. The zero-order chi connectivity index (χ0) is 22.0. The van der Waals surface area contributed by atoms with Crippen LogP contribution in [0, 0.1) is 10.1 Å². The van der Waals surface area contributed by atoms with Crippen molar-refractivity contribution < 1.29 is 19.2 Å². The number of imidazole rings is 1. The van der Waals surface area contributed by atoms with Crippen molar-refractivity contribution in [1.82, 2.24) is 14.9 Å². The first-order valence-electron chi connectivity index (χ1n) is 9.53. The minimum absolute atomic E-state index is 0.175. The molecular formula is C22H20N4O5. The summed E-state index contributed by atoms with van der Waals surface area (Å²) in [4.78, 5) is 28.0. The van der Waals surface area contributed by atoms with E-state index in [9.17, 15) is 14.9 Å². The highest BCUT2D eigenvalue weighted by molar-refractivity contribution is 6.09. The van der Waals surface area contributed by atoms with Gasteiger partial charge in [0.05, 0.1) is 25.5 Å². The minimum atomic E-state index is -0.509. The van der Waals surface area contributed by atoms with Crippen LogP contribution in [0.1, 0.15) is 21.5 Å². The number of nitro groups is 1. The van der Waals surface area contributed by atoms with Crippen LogP contribution in [0.2, 0.25) is 0 Å². The lowest BCUT2D eigenvalue weighted by Crippen LogP contribution is -2.23. The van der Waals surface area contributed by atoms with Crippen LogP contribution in [0.15, 0.2) is 55.1 Å². The number of nitrogens with one attached hydrogen (secondary N) is 1. The van der Waals surface area contributed by atoms with E-state index in [-0.39, 0.29) is 17.0 Å². The average molecular weight is 420 g/mol. The number of rotatable bonds is 6. The number of allylic oxidation sites excluding steroid dienone is 1. The molecule has 0 unspecified atom stereocenters. The summed E-state index contributed by atoms with van der Waals surface area (Å²) in [6, 6.07) is 8.12. The monoisotopic (exact) mass is 420 g/mol. The summed E-state index contributed by atoms with van der Waals surface area (Å²) in [5, 5.41) is 14.8. The molecule has 0 aliphatic carbocycles. The van der Waals surface area contributed by atoms with Crippen LogP contribution in [0.4, 0.5) is 5.69 Å². The first-order chi connectivity index (χ1) is 15.0. The quantitative estimate of drug-likeness (QED) is 0.282. The Morgan fingerprint density at radius 2 is 2.00 bits per heavy atom. The second-order valence-electron chi connectivity index (χ2n) is 6.89. The molecule has 1 aliphatic rings. The Morgan fingerprint density at radius 1 is 1.23 bits per heavy atom. The van der Waals surface area contributed by atoms with Crippen molar-refractivity contribution in [3.8, 4) is 17.2 Å². The van der Waals surface area contributed by atoms with Crippen molar-refractivity contribution in [2.24, 2.45) is 0 Å². The van der Waals surface area contributed by atoms with Crippen molar-refractivity contribution in [3.05, 3.63) is 81.9 Å². The van der Waals surface area contributed by atoms with Gasteiger partial charge in [-0.1, -0.05) is 0 Å². The molecule has 2 aromatic carbocycles. The molecule has 158 valence electrons. The van der Waals surface area contributed by atoms with Crippen molar-refractivity contribution in [1.29, 1.82) is 0 Å². The molecule has 0 atom stereocenters. The van der Waals surface area contributed by atoms with E-state index in [2.05, 4.69) is 10.3 Å². The Morgan fingerprint density at radius 3 is 2.68 bits per heavy atom. The highest BCUT2D eigenvalue weighted by atomic mass is 16.6. The number of fused-ring (bicyclic) bond motifs is 1. The van der Waals surface area contributed by atoms with E-state index in [0.29, 0.717) is 29.4 Å². The first-order valence-corrected chi connectivity index (χ1v) is 9.53. The van der Waals surface area contributed by atoms with Gasteiger partial charge in [-0.05, 0) is 36.2 Å². The number of carbonyl (C=O) groups is 1. The number of nitro benzene ring substituents is 1. The largest absolute Gasteiger partial charge is 0.493 e. The van der Waals surface area contributed by atoms with E-state index in [1.807, 2.05) is 12.1 Å². The van der Waals surface area contributed by atoms with Crippen molar-refractivity contribution in [2.45, 2.75) is 6.42 Å². The predicted molar refractivity (Wildman–Crippen MR) is 114 cm³/mol. The molecule has 0 spiro atoms. The van der Waals surface area contributed by atoms with Gasteiger partial charge in [0.25, 0.3) is 5.69 Å². The van der Waals surface area contributed by atoms with Gasteiger partial charge < -0.3 is 19.4 Å². The normalized spacial score (nSPS) is 13.9. The molecular weight excluding hydrogens is 400 g/mol. The van der Waals surface area contributed by atoms with Crippen LogP contribution < -0.4 is 14.8 Å². The second kappa shape index (κ2) is 8.31. The highest BCUT2D eigenvalue weighted by Crippen LogP contribution is 2.35. The number of hydrogen-bond donors (Lipinski definition) is 1. The molecule has 9 heteroatoms. The molecule has 1 aliphatic heterocycles. The van der Waals surface area contributed by atoms with E-state index in [1.165, 1.54) is 29.2 Å². The van der Waals surface area contributed by atoms with Crippen LogP contribution in [-0.4, -0.2) is 41.0 Å². The SMILES string of the molecule is COc1cc2c(cc1OC)C(=CC(=O)c1ccc(-n3ccnc3)c([N+](=O)[O-])c1)NCC2. The maximum Gasteiger partial charge on any atom is 0.293 e.